The van der Waals surface area contributed by atoms with Crippen molar-refractivity contribution in [2.45, 2.75) is 20.0 Å². The minimum absolute atomic E-state index is 0.0560. The summed E-state index contributed by atoms with van der Waals surface area (Å²) < 4.78 is 0. The molecule has 0 aliphatic carbocycles. The molecule has 2 rings (SSSR count). The molecule has 0 spiro atoms. The van der Waals surface area contributed by atoms with Crippen molar-refractivity contribution in [2.75, 3.05) is 0 Å². The first kappa shape index (κ1) is 8.87. The van der Waals surface area contributed by atoms with E-state index >= 15 is 0 Å². The molecular weight excluding hydrogens is 180 g/mol. The van der Waals surface area contributed by atoms with E-state index in [1.165, 1.54) is 4.85 Å². The number of rotatable bonds is 2. The minimum Gasteiger partial charge on any atom is -0.507 e. The number of hydrogen-bond donors (Lipinski definition) is 1. The molecule has 0 saturated heterocycles. The molecule has 1 aromatic heterocycles. The summed E-state index contributed by atoms with van der Waals surface area (Å²) in [5.41, 5.74) is 0.777. The summed E-state index contributed by atoms with van der Waals surface area (Å²) in [5.74, 6) is 0.223. The van der Waals surface area contributed by atoms with Gasteiger partial charge in [0.05, 0.1) is 11.6 Å². The van der Waals surface area contributed by atoms with E-state index in [0.717, 1.165) is 5.52 Å². The van der Waals surface area contributed by atoms with Crippen molar-refractivity contribution < 1.29 is 9.94 Å². The summed E-state index contributed by atoms with van der Waals surface area (Å²) in [4.78, 5) is 6.85. The topological polar surface area (TPSA) is 47.3 Å². The Morgan fingerprint density at radius 3 is 2.93 bits per heavy atom. The number of nitrogens with zero attached hydrogens (tertiary/aromatic N) is 2. The van der Waals surface area contributed by atoms with Crippen LogP contribution >= 0.6 is 0 Å². The van der Waals surface area contributed by atoms with Crippen LogP contribution in [0.15, 0.2) is 24.4 Å². The maximum Gasteiger partial charge on any atom is 0.126 e. The Hall–Kier alpha value is -1.71. The van der Waals surface area contributed by atoms with Gasteiger partial charge in [0.15, 0.2) is 0 Å². The number of hydrogen-bond acceptors (Lipinski definition) is 3. The second kappa shape index (κ2) is 3.21. The second-order valence-electron chi connectivity index (χ2n) is 3.38. The molecule has 0 atom stereocenters. The van der Waals surface area contributed by atoms with Crippen LogP contribution in [-0.2, 0) is 0 Å². The molecule has 0 radical (unpaired) electrons. The molecule has 1 heterocycles. The Kier molecular flexibility index (Phi) is 2.04. The van der Waals surface area contributed by atoms with Crippen LogP contribution < -0.4 is 4.84 Å². The van der Waals surface area contributed by atoms with E-state index in [-0.39, 0.29) is 11.9 Å². The van der Waals surface area contributed by atoms with Gasteiger partial charge in [-0.05, 0) is 26.0 Å². The van der Waals surface area contributed by atoms with E-state index in [0.29, 0.717) is 5.39 Å². The maximum atomic E-state index is 9.51. The summed E-state index contributed by atoms with van der Waals surface area (Å²) in [5, 5.41) is 14.2. The first-order valence-corrected chi connectivity index (χ1v) is 4.51. The molecule has 0 saturated carbocycles. The smallest absolute Gasteiger partial charge is 0.126 e. The lowest BCUT2D eigenvalue weighted by Gasteiger charge is -2.08. The lowest BCUT2D eigenvalue weighted by molar-refractivity contribution is 0.0444. The molecule has 0 fully saturated rings. The molecule has 0 unspecified atom stereocenters. The van der Waals surface area contributed by atoms with Crippen LogP contribution in [0.1, 0.15) is 13.8 Å². The van der Waals surface area contributed by atoms with Crippen LogP contribution in [0.4, 0.5) is 0 Å². The average Bonchev–Trinajstić information content (AvgIpc) is 2.49. The van der Waals surface area contributed by atoms with E-state index < -0.39 is 0 Å². The molecule has 0 amide bonds. The summed E-state index contributed by atoms with van der Waals surface area (Å²) in [6.45, 7) is 3.85. The Morgan fingerprint density at radius 2 is 2.21 bits per heavy atom. The number of aromatic nitrogens is 2. The number of phenolic OH excluding ortho intramolecular Hbond substituents is 1. The van der Waals surface area contributed by atoms with Crippen LogP contribution in [0.5, 0.6) is 5.75 Å². The number of aromatic hydroxyl groups is 1. The molecule has 0 aliphatic heterocycles. The normalized spacial score (nSPS) is 11.1. The van der Waals surface area contributed by atoms with Crippen molar-refractivity contribution in [1.82, 2.24) is 9.94 Å². The maximum absolute atomic E-state index is 9.51. The summed E-state index contributed by atoms with van der Waals surface area (Å²) in [6, 6.07) is 5.24. The molecule has 4 heteroatoms. The number of fused-ring (bicyclic) bond motifs is 1. The Morgan fingerprint density at radius 1 is 1.43 bits per heavy atom. The van der Waals surface area contributed by atoms with Gasteiger partial charge in [-0.3, -0.25) is 0 Å². The molecule has 1 aromatic carbocycles. The average molecular weight is 192 g/mol. The standard InChI is InChI=1S/C10H12N2O2/c1-7(2)14-12-9-4-3-5-10(13)8(9)6-11-12/h3-7,13H,1-2H3. The van der Waals surface area contributed by atoms with Gasteiger partial charge in [0, 0.05) is 0 Å². The van der Waals surface area contributed by atoms with Gasteiger partial charge < -0.3 is 9.94 Å². The van der Waals surface area contributed by atoms with Crippen molar-refractivity contribution in [2.24, 2.45) is 0 Å². The number of phenols is 1. The second-order valence-corrected chi connectivity index (χ2v) is 3.38. The largest absolute Gasteiger partial charge is 0.507 e. The molecule has 0 bridgehead atoms. The molecule has 1 N–H and O–H groups in total. The Bertz CT molecular complexity index is 448. The van der Waals surface area contributed by atoms with Crippen LogP contribution in [0.2, 0.25) is 0 Å². The van der Waals surface area contributed by atoms with Gasteiger partial charge in [-0.2, -0.15) is 0 Å². The zero-order valence-electron chi connectivity index (χ0n) is 8.14. The SMILES string of the molecule is CC(C)On1ncc2c(O)cccc21. The van der Waals surface area contributed by atoms with E-state index in [2.05, 4.69) is 5.10 Å². The predicted molar refractivity (Wildman–Crippen MR) is 53.1 cm³/mol. The van der Waals surface area contributed by atoms with Crippen LogP contribution in [-0.4, -0.2) is 21.2 Å². The lowest BCUT2D eigenvalue weighted by atomic mass is 10.2. The molecular formula is C10H12N2O2. The van der Waals surface area contributed by atoms with Gasteiger partial charge in [0.1, 0.15) is 17.4 Å². The van der Waals surface area contributed by atoms with E-state index in [4.69, 9.17) is 4.84 Å². The van der Waals surface area contributed by atoms with Crippen LogP contribution in [0.3, 0.4) is 0 Å². The first-order chi connectivity index (χ1) is 6.68. The zero-order valence-corrected chi connectivity index (χ0v) is 8.14. The fourth-order valence-electron chi connectivity index (χ4n) is 1.30. The highest BCUT2D eigenvalue weighted by Crippen LogP contribution is 2.22. The third kappa shape index (κ3) is 1.39. The fourth-order valence-corrected chi connectivity index (χ4v) is 1.30. The van der Waals surface area contributed by atoms with Gasteiger partial charge in [0.2, 0.25) is 0 Å². The first-order valence-electron chi connectivity index (χ1n) is 4.51. The quantitative estimate of drug-likeness (QED) is 0.785. The Balaban J connectivity index is 2.52. The van der Waals surface area contributed by atoms with Gasteiger partial charge >= 0.3 is 0 Å². The van der Waals surface area contributed by atoms with Gasteiger partial charge in [-0.25, -0.2) is 0 Å². The zero-order chi connectivity index (χ0) is 10.1. The third-order valence-electron chi connectivity index (χ3n) is 1.87. The highest BCUT2D eigenvalue weighted by atomic mass is 16.7. The summed E-state index contributed by atoms with van der Waals surface area (Å²) in [6.07, 6.45) is 1.65. The molecule has 74 valence electrons. The Labute approximate surface area is 81.7 Å². The molecule has 2 aromatic rings. The monoisotopic (exact) mass is 192 g/mol. The van der Waals surface area contributed by atoms with Crippen molar-refractivity contribution in [3.8, 4) is 5.75 Å². The van der Waals surface area contributed by atoms with E-state index in [1.807, 2.05) is 19.9 Å². The van der Waals surface area contributed by atoms with E-state index in [9.17, 15) is 5.11 Å². The van der Waals surface area contributed by atoms with Crippen LogP contribution in [0.25, 0.3) is 10.9 Å². The third-order valence-corrected chi connectivity index (χ3v) is 1.87. The molecule has 14 heavy (non-hydrogen) atoms. The van der Waals surface area contributed by atoms with Crippen molar-refractivity contribution in [1.29, 1.82) is 0 Å². The van der Waals surface area contributed by atoms with Gasteiger partial charge in [-0.1, -0.05) is 10.9 Å². The highest BCUT2D eigenvalue weighted by molar-refractivity contribution is 5.84. The van der Waals surface area contributed by atoms with Crippen molar-refractivity contribution in [3.63, 3.8) is 0 Å². The van der Waals surface area contributed by atoms with Crippen molar-refractivity contribution >= 4 is 10.9 Å². The minimum atomic E-state index is 0.0560. The van der Waals surface area contributed by atoms with Gasteiger partial charge in [-0.15, -0.1) is 5.10 Å². The molecule has 0 aliphatic rings. The van der Waals surface area contributed by atoms with E-state index in [1.54, 1.807) is 18.3 Å². The van der Waals surface area contributed by atoms with Gasteiger partial charge in [0.25, 0.3) is 0 Å². The fraction of sp³-hybridized carbons (Fsp3) is 0.300. The lowest BCUT2D eigenvalue weighted by Crippen LogP contribution is -2.19. The summed E-state index contributed by atoms with van der Waals surface area (Å²) in [7, 11) is 0. The highest BCUT2D eigenvalue weighted by Gasteiger charge is 2.07. The van der Waals surface area contributed by atoms with Crippen molar-refractivity contribution in [3.05, 3.63) is 24.4 Å². The summed E-state index contributed by atoms with van der Waals surface area (Å²) >= 11 is 0. The van der Waals surface area contributed by atoms with Crippen LogP contribution in [0, 0.1) is 0 Å². The number of benzene rings is 1. The predicted octanol–water partition coefficient (Wildman–Crippen LogP) is 1.58. The molecule has 4 nitrogen and oxygen atoms in total.